The molecule has 0 spiro atoms. The summed E-state index contributed by atoms with van der Waals surface area (Å²) in [6, 6.07) is 3.02. The zero-order chi connectivity index (χ0) is 12.6. The molecule has 90 valence electrons. The minimum Gasteiger partial charge on any atom is -0.385 e. The quantitative estimate of drug-likeness (QED) is 0.834. The van der Waals surface area contributed by atoms with E-state index < -0.39 is 22.7 Å². The van der Waals surface area contributed by atoms with E-state index in [0.29, 0.717) is 0 Å². The van der Waals surface area contributed by atoms with E-state index in [1.165, 1.54) is 6.92 Å². The van der Waals surface area contributed by atoms with Crippen LogP contribution in [0.15, 0.2) is 18.2 Å². The number of aliphatic hydroxyl groups is 1. The van der Waals surface area contributed by atoms with E-state index in [0.717, 1.165) is 18.2 Å². The highest BCUT2D eigenvalue weighted by Gasteiger charge is 2.40. The molecule has 0 aromatic heterocycles. The summed E-state index contributed by atoms with van der Waals surface area (Å²) in [5.74, 6) is -1.41. The fourth-order valence-electron chi connectivity index (χ4n) is 1.42. The Morgan fingerprint density at radius 1 is 1.12 bits per heavy atom. The first kappa shape index (κ1) is 13.1. The summed E-state index contributed by atoms with van der Waals surface area (Å²) in [4.78, 5) is 0. The van der Waals surface area contributed by atoms with E-state index in [4.69, 9.17) is 5.73 Å². The van der Waals surface area contributed by atoms with Crippen molar-refractivity contribution in [3.63, 3.8) is 0 Å². The molecule has 0 aliphatic rings. The third kappa shape index (κ3) is 2.23. The van der Waals surface area contributed by atoms with Crippen molar-refractivity contribution in [1.29, 1.82) is 0 Å². The lowest BCUT2D eigenvalue weighted by molar-refractivity contribution is -0.0525. The maximum atomic E-state index is 13.1. The minimum absolute atomic E-state index is 0.195. The van der Waals surface area contributed by atoms with Gasteiger partial charge in [-0.2, -0.15) is 0 Å². The highest BCUT2D eigenvalue weighted by molar-refractivity contribution is 5.26. The van der Waals surface area contributed by atoms with Crippen LogP contribution in [0.2, 0.25) is 0 Å². The molecule has 1 aromatic carbocycles. The van der Waals surface area contributed by atoms with Gasteiger partial charge in [-0.1, -0.05) is 13.8 Å². The molecule has 4 heteroatoms. The second kappa shape index (κ2) is 4.11. The van der Waals surface area contributed by atoms with Crippen LogP contribution in [0.1, 0.15) is 26.3 Å². The van der Waals surface area contributed by atoms with Gasteiger partial charge in [0, 0.05) is 18.0 Å². The van der Waals surface area contributed by atoms with Crippen LogP contribution in [-0.2, 0) is 5.60 Å². The lowest BCUT2D eigenvalue weighted by Crippen LogP contribution is -2.44. The highest BCUT2D eigenvalue weighted by Crippen LogP contribution is 2.38. The topological polar surface area (TPSA) is 46.2 Å². The van der Waals surface area contributed by atoms with Gasteiger partial charge < -0.3 is 10.8 Å². The molecule has 1 aromatic rings. The van der Waals surface area contributed by atoms with Crippen molar-refractivity contribution in [1.82, 2.24) is 0 Å². The summed E-state index contributed by atoms with van der Waals surface area (Å²) < 4.78 is 26.1. The van der Waals surface area contributed by atoms with Gasteiger partial charge in [0.15, 0.2) is 0 Å². The number of hydrogen-bond donors (Lipinski definition) is 2. The van der Waals surface area contributed by atoms with Crippen molar-refractivity contribution in [3.8, 4) is 0 Å². The summed E-state index contributed by atoms with van der Waals surface area (Å²) in [6.45, 7) is 5.21. The predicted molar refractivity (Wildman–Crippen MR) is 58.8 cm³/mol. The number of rotatable bonds is 3. The summed E-state index contributed by atoms with van der Waals surface area (Å²) in [7, 11) is 0. The zero-order valence-electron chi connectivity index (χ0n) is 9.72. The van der Waals surface area contributed by atoms with Gasteiger partial charge in [-0.3, -0.25) is 0 Å². The second-order valence-electron chi connectivity index (χ2n) is 4.82. The van der Waals surface area contributed by atoms with Gasteiger partial charge in [0.2, 0.25) is 0 Å². The first-order chi connectivity index (χ1) is 7.20. The van der Waals surface area contributed by atoms with Crippen LogP contribution in [0.5, 0.6) is 0 Å². The Bertz CT molecular complexity index is 368. The molecule has 1 unspecified atom stereocenters. The molecule has 3 N–H and O–H groups in total. The van der Waals surface area contributed by atoms with E-state index in [9.17, 15) is 13.9 Å². The van der Waals surface area contributed by atoms with Gasteiger partial charge in [0.1, 0.15) is 11.6 Å². The Morgan fingerprint density at radius 2 is 1.56 bits per heavy atom. The van der Waals surface area contributed by atoms with Crippen LogP contribution >= 0.6 is 0 Å². The van der Waals surface area contributed by atoms with Crippen LogP contribution in [0.25, 0.3) is 0 Å². The van der Waals surface area contributed by atoms with Crippen molar-refractivity contribution in [2.45, 2.75) is 26.4 Å². The van der Waals surface area contributed by atoms with Crippen LogP contribution in [0, 0.1) is 17.0 Å². The molecule has 0 aliphatic heterocycles. The third-order valence-corrected chi connectivity index (χ3v) is 3.25. The van der Waals surface area contributed by atoms with Crippen molar-refractivity contribution in [2.75, 3.05) is 6.54 Å². The lowest BCUT2D eigenvalue weighted by Gasteiger charge is -2.39. The largest absolute Gasteiger partial charge is 0.385 e. The minimum atomic E-state index is -1.38. The SMILES string of the molecule is CC(C)(CN)C(C)(O)c1cc(F)cc(F)c1. The van der Waals surface area contributed by atoms with Crippen LogP contribution in [-0.4, -0.2) is 11.7 Å². The monoisotopic (exact) mass is 229 g/mol. The summed E-state index contributed by atoms with van der Waals surface area (Å²) >= 11 is 0. The lowest BCUT2D eigenvalue weighted by atomic mass is 9.72. The number of hydrogen-bond acceptors (Lipinski definition) is 2. The van der Waals surface area contributed by atoms with E-state index in [-0.39, 0.29) is 12.1 Å². The van der Waals surface area contributed by atoms with Gasteiger partial charge in [0.05, 0.1) is 5.60 Å². The molecule has 2 nitrogen and oxygen atoms in total. The number of halogens is 2. The Kier molecular flexibility index (Phi) is 3.35. The molecule has 0 aliphatic carbocycles. The smallest absolute Gasteiger partial charge is 0.126 e. The molecule has 0 heterocycles. The van der Waals surface area contributed by atoms with Crippen LogP contribution < -0.4 is 5.73 Å². The van der Waals surface area contributed by atoms with Crippen molar-refractivity contribution in [3.05, 3.63) is 35.4 Å². The van der Waals surface area contributed by atoms with Crippen LogP contribution in [0.4, 0.5) is 8.78 Å². The molecule has 1 rings (SSSR count). The number of nitrogens with two attached hydrogens (primary N) is 1. The van der Waals surface area contributed by atoms with E-state index in [1.807, 2.05) is 0 Å². The normalized spacial score (nSPS) is 15.9. The standard InChI is InChI=1S/C12H17F2NO/c1-11(2,7-15)12(3,16)8-4-9(13)6-10(14)5-8/h4-6,16H,7,15H2,1-3H3. The average Bonchev–Trinajstić information content (AvgIpc) is 2.16. The van der Waals surface area contributed by atoms with Gasteiger partial charge in [-0.25, -0.2) is 8.78 Å². The van der Waals surface area contributed by atoms with Crippen molar-refractivity contribution in [2.24, 2.45) is 11.1 Å². The highest BCUT2D eigenvalue weighted by atomic mass is 19.1. The van der Waals surface area contributed by atoms with Gasteiger partial charge >= 0.3 is 0 Å². The summed E-state index contributed by atoms with van der Waals surface area (Å²) in [5, 5.41) is 10.3. The van der Waals surface area contributed by atoms with Gasteiger partial charge in [-0.05, 0) is 24.6 Å². The Hall–Kier alpha value is -1.00. The summed E-state index contributed by atoms with van der Waals surface area (Å²) in [5.41, 5.74) is 3.70. The van der Waals surface area contributed by atoms with Crippen molar-refractivity contribution >= 4 is 0 Å². The second-order valence-corrected chi connectivity index (χ2v) is 4.82. The molecule has 16 heavy (non-hydrogen) atoms. The number of benzene rings is 1. The Labute approximate surface area is 94.1 Å². The Balaban J connectivity index is 3.26. The molecule has 0 amide bonds. The molecule has 0 fully saturated rings. The molecular weight excluding hydrogens is 212 g/mol. The summed E-state index contributed by atoms with van der Waals surface area (Å²) in [6.07, 6.45) is 0. The molecule has 0 bridgehead atoms. The maximum absolute atomic E-state index is 13.1. The van der Waals surface area contributed by atoms with Gasteiger partial charge in [-0.15, -0.1) is 0 Å². The molecular formula is C12H17F2NO. The molecule has 1 atom stereocenters. The first-order valence-corrected chi connectivity index (χ1v) is 5.10. The van der Waals surface area contributed by atoms with Gasteiger partial charge in [0.25, 0.3) is 0 Å². The Morgan fingerprint density at radius 3 is 1.94 bits per heavy atom. The molecule has 0 radical (unpaired) electrons. The maximum Gasteiger partial charge on any atom is 0.126 e. The average molecular weight is 229 g/mol. The molecule has 0 saturated heterocycles. The van der Waals surface area contributed by atoms with E-state index in [2.05, 4.69) is 0 Å². The first-order valence-electron chi connectivity index (χ1n) is 5.10. The van der Waals surface area contributed by atoms with E-state index >= 15 is 0 Å². The molecule has 0 saturated carbocycles. The van der Waals surface area contributed by atoms with Crippen molar-refractivity contribution < 1.29 is 13.9 Å². The zero-order valence-corrected chi connectivity index (χ0v) is 9.72. The fourth-order valence-corrected chi connectivity index (χ4v) is 1.42. The predicted octanol–water partition coefficient (Wildman–Crippen LogP) is 2.16. The fraction of sp³-hybridized carbons (Fsp3) is 0.500. The van der Waals surface area contributed by atoms with Crippen LogP contribution in [0.3, 0.4) is 0 Å². The third-order valence-electron chi connectivity index (χ3n) is 3.25. The van der Waals surface area contributed by atoms with E-state index in [1.54, 1.807) is 13.8 Å².